The van der Waals surface area contributed by atoms with Gasteiger partial charge in [0.15, 0.2) is 5.58 Å². The van der Waals surface area contributed by atoms with Crippen LogP contribution in [0.25, 0.3) is 105 Å². The molecule has 11 aromatic rings. The highest BCUT2D eigenvalue weighted by Gasteiger charge is 2.20. The van der Waals surface area contributed by atoms with E-state index in [1.807, 2.05) is 30.5 Å². The van der Waals surface area contributed by atoms with Crippen molar-refractivity contribution in [3.05, 3.63) is 170 Å². The highest BCUT2D eigenvalue weighted by molar-refractivity contribution is 6.12. The van der Waals surface area contributed by atoms with E-state index in [2.05, 4.69) is 149 Å². The van der Waals surface area contributed by atoms with Crippen molar-refractivity contribution in [2.45, 2.75) is 0 Å². The Labute approximate surface area is 292 Å². The quantitative estimate of drug-likeness (QED) is 0.190. The molecule has 0 radical (unpaired) electrons. The molecule has 11 rings (SSSR count). The Morgan fingerprint density at radius 3 is 1.84 bits per heavy atom. The lowest BCUT2D eigenvalue weighted by molar-refractivity contribution is 0.668. The summed E-state index contributed by atoms with van der Waals surface area (Å²) in [5, 5.41) is 5.67. The van der Waals surface area contributed by atoms with Crippen LogP contribution in [0.1, 0.15) is 0 Å². The Kier molecular flexibility index (Phi) is 5.92. The predicted octanol–water partition coefficient (Wildman–Crippen LogP) is 13.0. The Morgan fingerprint density at radius 2 is 1.00 bits per heavy atom. The van der Waals surface area contributed by atoms with Crippen LogP contribution in [0, 0.1) is 0 Å². The van der Waals surface area contributed by atoms with E-state index in [-0.39, 0.29) is 0 Å². The van der Waals surface area contributed by atoms with Crippen molar-refractivity contribution in [3.8, 4) is 39.1 Å². The first-order valence-corrected chi connectivity index (χ1v) is 17.2. The lowest BCUT2D eigenvalue weighted by atomic mass is 9.86. The Bertz CT molecular complexity index is 3010. The van der Waals surface area contributed by atoms with Crippen molar-refractivity contribution < 1.29 is 8.83 Å². The van der Waals surface area contributed by atoms with Gasteiger partial charge in [-0.1, -0.05) is 91.0 Å². The van der Waals surface area contributed by atoms with E-state index in [9.17, 15) is 0 Å². The van der Waals surface area contributed by atoms with E-state index in [0.29, 0.717) is 0 Å². The van der Waals surface area contributed by atoms with Crippen molar-refractivity contribution in [2.75, 3.05) is 0 Å². The number of fused-ring (bicyclic) bond motifs is 9. The molecular formula is C47H28N2O2. The average molecular weight is 653 g/mol. The van der Waals surface area contributed by atoms with Crippen molar-refractivity contribution in [1.82, 2.24) is 9.55 Å². The molecule has 238 valence electrons. The van der Waals surface area contributed by atoms with Gasteiger partial charge < -0.3 is 13.4 Å². The topological polar surface area (TPSA) is 44.1 Å². The standard InChI is InChI=1S/C47H28N2O2/c1-2-10-32(11-3-1)49-40-16-6-4-12-35(40)37-28-31(19-22-41(37)49)46-33(29-20-23-43-38(26-29)36-13-5-7-17-42(36)50-43)14-8-15-34(46)30-21-24-44-39(27-30)47-45(51-44)18-9-25-48-47/h1-28H. The summed E-state index contributed by atoms with van der Waals surface area (Å²) >= 11 is 0. The monoisotopic (exact) mass is 652 g/mol. The van der Waals surface area contributed by atoms with Crippen LogP contribution in [0.4, 0.5) is 0 Å². The van der Waals surface area contributed by atoms with Gasteiger partial charge in [0.25, 0.3) is 0 Å². The fraction of sp³-hybridized carbons (Fsp3) is 0. The number of para-hydroxylation sites is 3. The zero-order valence-electron chi connectivity index (χ0n) is 27.4. The molecule has 7 aromatic carbocycles. The fourth-order valence-corrected chi connectivity index (χ4v) is 7.99. The third kappa shape index (κ3) is 4.23. The van der Waals surface area contributed by atoms with Gasteiger partial charge in [0.05, 0.1) is 11.0 Å². The fourth-order valence-electron chi connectivity index (χ4n) is 7.99. The van der Waals surface area contributed by atoms with Gasteiger partial charge in [-0.2, -0.15) is 0 Å². The minimum atomic E-state index is 0.791. The van der Waals surface area contributed by atoms with Gasteiger partial charge in [-0.25, -0.2) is 0 Å². The number of benzene rings is 7. The van der Waals surface area contributed by atoms with Gasteiger partial charge in [0.2, 0.25) is 0 Å². The predicted molar refractivity (Wildman–Crippen MR) is 209 cm³/mol. The molecule has 0 fully saturated rings. The van der Waals surface area contributed by atoms with Crippen LogP contribution in [0.3, 0.4) is 0 Å². The first-order valence-electron chi connectivity index (χ1n) is 17.2. The summed E-state index contributed by atoms with van der Waals surface area (Å²) in [5.74, 6) is 0. The van der Waals surface area contributed by atoms with Gasteiger partial charge in [-0.3, -0.25) is 4.98 Å². The molecule has 4 heteroatoms. The molecular weight excluding hydrogens is 625 g/mol. The molecule has 0 spiro atoms. The SMILES string of the molecule is c1ccc(-n2c3ccccc3c3cc(-c4c(-c5ccc6oc7ccccc7c6c5)cccc4-c4ccc5oc6cccnc6c5c4)ccc32)cc1. The molecule has 0 amide bonds. The largest absolute Gasteiger partial charge is 0.456 e. The summed E-state index contributed by atoms with van der Waals surface area (Å²) in [5.41, 5.74) is 14.6. The van der Waals surface area contributed by atoms with Crippen LogP contribution in [-0.2, 0) is 0 Å². The third-order valence-electron chi connectivity index (χ3n) is 10.3. The molecule has 0 saturated heterocycles. The van der Waals surface area contributed by atoms with Crippen LogP contribution in [0.15, 0.2) is 179 Å². The normalized spacial score (nSPS) is 11.9. The maximum absolute atomic E-state index is 6.23. The molecule has 0 bridgehead atoms. The minimum Gasteiger partial charge on any atom is -0.456 e. The molecule has 51 heavy (non-hydrogen) atoms. The van der Waals surface area contributed by atoms with E-state index < -0.39 is 0 Å². The summed E-state index contributed by atoms with van der Waals surface area (Å²) in [6, 6.07) is 58.1. The van der Waals surface area contributed by atoms with E-state index in [1.54, 1.807) is 0 Å². The lowest BCUT2D eigenvalue weighted by Crippen LogP contribution is -1.93. The summed E-state index contributed by atoms with van der Waals surface area (Å²) in [6.45, 7) is 0. The van der Waals surface area contributed by atoms with Gasteiger partial charge in [-0.05, 0) is 106 Å². The molecule has 4 nitrogen and oxygen atoms in total. The van der Waals surface area contributed by atoms with E-state index in [4.69, 9.17) is 8.83 Å². The molecule has 0 unspecified atom stereocenters. The van der Waals surface area contributed by atoms with Gasteiger partial charge >= 0.3 is 0 Å². The summed E-state index contributed by atoms with van der Waals surface area (Å²) in [7, 11) is 0. The highest BCUT2D eigenvalue weighted by atomic mass is 16.3. The second kappa shape index (κ2) is 10.8. The van der Waals surface area contributed by atoms with Crippen LogP contribution in [-0.4, -0.2) is 9.55 Å². The zero-order chi connectivity index (χ0) is 33.5. The second-order valence-electron chi connectivity index (χ2n) is 13.1. The third-order valence-corrected chi connectivity index (χ3v) is 10.3. The minimum absolute atomic E-state index is 0.791. The number of aromatic nitrogens is 2. The number of rotatable bonds is 4. The van der Waals surface area contributed by atoms with Crippen LogP contribution >= 0.6 is 0 Å². The smallest absolute Gasteiger partial charge is 0.153 e. The zero-order valence-corrected chi connectivity index (χ0v) is 27.4. The molecule has 0 aliphatic rings. The number of nitrogens with zero attached hydrogens (tertiary/aromatic N) is 2. The highest BCUT2D eigenvalue weighted by Crippen LogP contribution is 2.45. The van der Waals surface area contributed by atoms with Crippen molar-refractivity contribution in [1.29, 1.82) is 0 Å². The lowest BCUT2D eigenvalue weighted by Gasteiger charge is -2.17. The van der Waals surface area contributed by atoms with E-state index in [1.165, 1.54) is 27.4 Å². The molecule has 0 aliphatic carbocycles. The number of hydrogen-bond acceptors (Lipinski definition) is 3. The summed E-state index contributed by atoms with van der Waals surface area (Å²) in [6.07, 6.45) is 1.83. The summed E-state index contributed by atoms with van der Waals surface area (Å²) < 4.78 is 14.8. The Balaban J connectivity index is 1.20. The molecule has 0 N–H and O–H groups in total. The first-order chi connectivity index (χ1) is 25.3. The maximum Gasteiger partial charge on any atom is 0.153 e. The van der Waals surface area contributed by atoms with Crippen LogP contribution in [0.5, 0.6) is 0 Å². The number of furan rings is 2. The molecule has 0 atom stereocenters. The van der Waals surface area contributed by atoms with E-state index in [0.717, 1.165) is 77.5 Å². The van der Waals surface area contributed by atoms with Crippen molar-refractivity contribution >= 4 is 65.8 Å². The van der Waals surface area contributed by atoms with Crippen molar-refractivity contribution in [3.63, 3.8) is 0 Å². The Morgan fingerprint density at radius 1 is 0.392 bits per heavy atom. The molecule has 4 heterocycles. The number of pyridine rings is 1. The Hall–Kier alpha value is -6.91. The van der Waals surface area contributed by atoms with E-state index >= 15 is 0 Å². The average Bonchev–Trinajstić information content (AvgIpc) is 3.86. The second-order valence-corrected chi connectivity index (χ2v) is 13.1. The summed E-state index contributed by atoms with van der Waals surface area (Å²) in [4.78, 5) is 4.68. The van der Waals surface area contributed by atoms with Crippen LogP contribution in [0.2, 0.25) is 0 Å². The van der Waals surface area contributed by atoms with Gasteiger partial charge in [-0.15, -0.1) is 0 Å². The van der Waals surface area contributed by atoms with Gasteiger partial charge in [0, 0.05) is 38.8 Å². The maximum atomic E-state index is 6.23. The van der Waals surface area contributed by atoms with Crippen LogP contribution < -0.4 is 0 Å². The molecule has 4 aromatic heterocycles. The van der Waals surface area contributed by atoms with Gasteiger partial charge in [0.1, 0.15) is 22.3 Å². The molecule has 0 aliphatic heterocycles. The number of hydrogen-bond donors (Lipinski definition) is 0. The molecule has 0 saturated carbocycles. The van der Waals surface area contributed by atoms with Crippen molar-refractivity contribution in [2.24, 2.45) is 0 Å². The first kappa shape index (κ1) is 28.0.